The van der Waals surface area contributed by atoms with Gasteiger partial charge in [0.25, 0.3) is 0 Å². The molecule has 0 aromatic heterocycles. The molecule has 0 aliphatic carbocycles. The monoisotopic (exact) mass is 129 g/mol. The Bertz CT molecular complexity index is 65.4. The van der Waals surface area contributed by atoms with Gasteiger partial charge in [0.1, 0.15) is 0 Å². The Labute approximate surface area is 56.9 Å². The fourth-order valence-electron chi connectivity index (χ4n) is 0.612. The van der Waals surface area contributed by atoms with Crippen LogP contribution in [0.2, 0.25) is 9.56 Å². The van der Waals surface area contributed by atoms with E-state index in [0.29, 0.717) is 4.28 Å². The Balaban J connectivity index is 3.62. The molecule has 0 amide bonds. The Morgan fingerprint density at radius 2 is 1.75 bits per heavy atom. The maximum Gasteiger partial charge on any atom is 0.372 e. The molecule has 0 unspecified atom stereocenters. The largest absolute Gasteiger partial charge is 0.412 e. The van der Waals surface area contributed by atoms with Crippen molar-refractivity contribution in [1.82, 2.24) is 0 Å². The molecule has 0 aliphatic rings. The van der Waals surface area contributed by atoms with Crippen molar-refractivity contribution in [2.45, 2.75) is 37.3 Å². The van der Waals surface area contributed by atoms with Gasteiger partial charge in [-0.15, -0.1) is 0 Å². The first-order chi connectivity index (χ1) is 3.48. The van der Waals surface area contributed by atoms with Gasteiger partial charge in [-0.1, -0.05) is 37.3 Å². The molecule has 0 heterocycles. The van der Waals surface area contributed by atoms with Crippen molar-refractivity contribution in [3.63, 3.8) is 0 Å². The SMILES string of the molecule is C[CH2][Al]([NH2])[C](C)(C)C. The van der Waals surface area contributed by atoms with Crippen LogP contribution >= 0.6 is 0 Å². The average molecular weight is 129 g/mol. The molecular formula is C6H16AlN. The lowest BCUT2D eigenvalue weighted by Crippen LogP contribution is -2.34. The average Bonchev–Trinajstić information content (AvgIpc) is 1.62. The molecule has 8 heavy (non-hydrogen) atoms. The van der Waals surface area contributed by atoms with E-state index in [1.54, 1.807) is 0 Å². The Morgan fingerprint density at radius 1 is 1.38 bits per heavy atom. The second kappa shape index (κ2) is 2.87. The lowest BCUT2D eigenvalue weighted by atomic mass is 10.2. The highest BCUT2D eigenvalue weighted by molar-refractivity contribution is 6.58. The molecule has 1 nitrogen and oxygen atoms in total. The van der Waals surface area contributed by atoms with Crippen molar-refractivity contribution in [2.24, 2.45) is 4.72 Å². The first-order valence-corrected chi connectivity index (χ1v) is 5.30. The van der Waals surface area contributed by atoms with E-state index in [-0.39, 0.29) is 0 Å². The van der Waals surface area contributed by atoms with E-state index in [4.69, 9.17) is 4.72 Å². The van der Waals surface area contributed by atoms with Crippen LogP contribution in [0.25, 0.3) is 0 Å². The summed E-state index contributed by atoms with van der Waals surface area (Å²) >= 11 is -0.870. The third-order valence-corrected chi connectivity index (χ3v) is 4.66. The molecule has 0 aromatic carbocycles. The third-order valence-electron chi connectivity index (χ3n) is 1.55. The standard InChI is InChI=1S/C4H9.C2H5.Al.H2N/c1-4(2)3;1-2;;/h1-3H3;1H2,2H3;;1H2/q;;+1;-1. The van der Waals surface area contributed by atoms with E-state index in [1.165, 1.54) is 5.28 Å². The van der Waals surface area contributed by atoms with Crippen molar-refractivity contribution < 1.29 is 0 Å². The first kappa shape index (κ1) is 8.49. The van der Waals surface area contributed by atoms with Gasteiger partial charge in [-0.3, -0.25) is 0 Å². The lowest BCUT2D eigenvalue weighted by molar-refractivity contribution is 0.730. The number of nitrogens with two attached hydrogens (primary N) is 1. The molecule has 2 heteroatoms. The van der Waals surface area contributed by atoms with Crippen LogP contribution in [-0.4, -0.2) is 14.4 Å². The molecule has 0 aromatic rings. The van der Waals surface area contributed by atoms with Crippen LogP contribution in [0, 0.1) is 0 Å². The summed E-state index contributed by atoms with van der Waals surface area (Å²) < 4.78 is 6.31. The normalized spacial score (nSPS) is 11.6. The summed E-state index contributed by atoms with van der Waals surface area (Å²) in [6.07, 6.45) is 0. The third kappa shape index (κ3) is 2.72. The van der Waals surface area contributed by atoms with Crippen molar-refractivity contribution >= 4 is 14.4 Å². The fourth-order valence-corrected chi connectivity index (χ4v) is 1.84. The van der Waals surface area contributed by atoms with Gasteiger partial charge in [0.2, 0.25) is 0 Å². The van der Waals surface area contributed by atoms with Crippen LogP contribution < -0.4 is 4.72 Å². The van der Waals surface area contributed by atoms with E-state index in [0.717, 1.165) is 0 Å². The molecule has 0 spiro atoms. The summed E-state index contributed by atoms with van der Waals surface area (Å²) in [5, 5.41) is 1.21. The summed E-state index contributed by atoms with van der Waals surface area (Å²) in [5.41, 5.74) is 0. The van der Waals surface area contributed by atoms with Gasteiger partial charge in [-0.05, 0) is 0 Å². The van der Waals surface area contributed by atoms with E-state index >= 15 is 0 Å². The van der Waals surface area contributed by atoms with Gasteiger partial charge in [0.15, 0.2) is 0 Å². The predicted octanol–water partition coefficient (Wildman–Crippen LogP) is 1.76. The molecule has 2 N–H and O–H groups in total. The molecular weight excluding hydrogens is 113 g/mol. The van der Waals surface area contributed by atoms with Gasteiger partial charge < -0.3 is 4.72 Å². The summed E-state index contributed by atoms with van der Waals surface area (Å²) in [7, 11) is 0. The van der Waals surface area contributed by atoms with Crippen molar-refractivity contribution in [1.29, 1.82) is 0 Å². The minimum absolute atomic E-state index is 0.425. The van der Waals surface area contributed by atoms with Crippen LogP contribution in [0.15, 0.2) is 0 Å². The van der Waals surface area contributed by atoms with Crippen LogP contribution in [0.4, 0.5) is 0 Å². The zero-order valence-electron chi connectivity index (χ0n) is 6.36. The van der Waals surface area contributed by atoms with Crippen LogP contribution in [-0.2, 0) is 0 Å². The maximum absolute atomic E-state index is 5.89. The highest BCUT2D eigenvalue weighted by atomic mass is 27.2. The van der Waals surface area contributed by atoms with Gasteiger partial charge in [0.05, 0.1) is 0 Å². The highest BCUT2D eigenvalue weighted by Crippen LogP contribution is 2.25. The molecule has 0 saturated heterocycles. The van der Waals surface area contributed by atoms with Gasteiger partial charge >= 0.3 is 14.4 Å². The molecule has 0 rings (SSSR count). The predicted molar refractivity (Wildman–Crippen MR) is 40.1 cm³/mol. The topological polar surface area (TPSA) is 26.0 Å². The molecule has 0 aliphatic heterocycles. The first-order valence-electron chi connectivity index (χ1n) is 3.24. The van der Waals surface area contributed by atoms with Gasteiger partial charge in [-0.25, -0.2) is 0 Å². The number of rotatable bonds is 1. The Morgan fingerprint density at radius 3 is 1.75 bits per heavy atom. The summed E-state index contributed by atoms with van der Waals surface area (Å²) in [5.74, 6) is 0. The van der Waals surface area contributed by atoms with Crippen LogP contribution in [0.5, 0.6) is 0 Å². The number of hydrogen-bond donors (Lipinski definition) is 1. The molecule has 0 bridgehead atoms. The smallest absolute Gasteiger partial charge is 0.372 e. The van der Waals surface area contributed by atoms with Crippen molar-refractivity contribution in [2.75, 3.05) is 0 Å². The Hall–Kier alpha value is 0.492. The van der Waals surface area contributed by atoms with Crippen molar-refractivity contribution in [3.8, 4) is 0 Å². The summed E-state index contributed by atoms with van der Waals surface area (Å²) in [6.45, 7) is 8.87. The fraction of sp³-hybridized carbons (Fsp3) is 1.00. The minimum Gasteiger partial charge on any atom is -0.412 e. The summed E-state index contributed by atoms with van der Waals surface area (Å²) in [6, 6.07) is 0. The second-order valence-corrected chi connectivity index (χ2v) is 7.14. The molecule has 48 valence electrons. The maximum atomic E-state index is 5.89. The lowest BCUT2D eigenvalue weighted by Gasteiger charge is -2.19. The van der Waals surface area contributed by atoms with Crippen LogP contribution in [0.1, 0.15) is 27.7 Å². The van der Waals surface area contributed by atoms with E-state index in [2.05, 4.69) is 27.7 Å². The summed E-state index contributed by atoms with van der Waals surface area (Å²) in [4.78, 5) is 0. The minimum atomic E-state index is -0.870. The highest BCUT2D eigenvalue weighted by Gasteiger charge is 2.25. The molecule has 0 fully saturated rings. The molecule has 0 radical (unpaired) electrons. The van der Waals surface area contributed by atoms with Gasteiger partial charge in [0, 0.05) is 0 Å². The molecule has 0 atom stereocenters. The van der Waals surface area contributed by atoms with E-state index in [9.17, 15) is 0 Å². The zero-order chi connectivity index (χ0) is 6.78. The zero-order valence-corrected chi connectivity index (χ0v) is 7.52. The van der Waals surface area contributed by atoms with E-state index in [1.807, 2.05) is 0 Å². The quantitative estimate of drug-likeness (QED) is 0.536. The number of hydrogen-bond acceptors (Lipinski definition) is 1. The second-order valence-electron chi connectivity index (χ2n) is 3.38. The Kier molecular flexibility index (Phi) is 3.05. The van der Waals surface area contributed by atoms with Crippen molar-refractivity contribution in [3.05, 3.63) is 0 Å². The van der Waals surface area contributed by atoms with Gasteiger partial charge in [-0.2, -0.15) is 0 Å². The van der Waals surface area contributed by atoms with E-state index < -0.39 is 14.4 Å². The molecule has 0 saturated carbocycles. The van der Waals surface area contributed by atoms with Crippen LogP contribution in [0.3, 0.4) is 0 Å².